The maximum absolute atomic E-state index is 13.1. The fourth-order valence-electron chi connectivity index (χ4n) is 3.11. The SMILES string of the molecule is CCCOc1ccc(N2C(=O)NC(=O)/C(=C\c3ccc(OCC(N)=O)cc3)C2=O)cc1OCC. The van der Waals surface area contributed by atoms with Crippen molar-refractivity contribution in [1.82, 2.24) is 5.32 Å². The first-order chi connectivity index (χ1) is 16.3. The summed E-state index contributed by atoms with van der Waals surface area (Å²) in [6.07, 6.45) is 2.16. The Morgan fingerprint density at radius 3 is 2.38 bits per heavy atom. The number of anilines is 1. The Balaban J connectivity index is 1.88. The molecule has 0 unspecified atom stereocenters. The number of primary amides is 1. The van der Waals surface area contributed by atoms with Crippen LogP contribution in [0.25, 0.3) is 6.08 Å². The van der Waals surface area contributed by atoms with Gasteiger partial charge in [0.1, 0.15) is 11.3 Å². The normalized spacial score (nSPS) is 14.7. The smallest absolute Gasteiger partial charge is 0.335 e. The van der Waals surface area contributed by atoms with Crippen LogP contribution in [0.3, 0.4) is 0 Å². The minimum atomic E-state index is -0.868. The molecule has 1 saturated heterocycles. The van der Waals surface area contributed by atoms with Gasteiger partial charge in [-0.3, -0.25) is 19.7 Å². The lowest BCUT2D eigenvalue weighted by atomic mass is 10.1. The summed E-state index contributed by atoms with van der Waals surface area (Å²) < 4.78 is 16.5. The number of imide groups is 2. The zero-order valence-electron chi connectivity index (χ0n) is 18.8. The number of nitrogens with one attached hydrogen (secondary N) is 1. The zero-order valence-corrected chi connectivity index (χ0v) is 18.8. The van der Waals surface area contributed by atoms with Gasteiger partial charge in [-0.2, -0.15) is 0 Å². The maximum atomic E-state index is 13.1. The Kier molecular flexibility index (Phi) is 7.86. The monoisotopic (exact) mass is 467 g/mol. The van der Waals surface area contributed by atoms with Crippen molar-refractivity contribution in [2.45, 2.75) is 20.3 Å². The number of nitrogens with two attached hydrogens (primary N) is 1. The van der Waals surface area contributed by atoms with Crippen molar-refractivity contribution in [3.05, 3.63) is 53.6 Å². The fraction of sp³-hybridized carbons (Fsp3) is 0.250. The van der Waals surface area contributed by atoms with E-state index in [1.165, 1.54) is 12.1 Å². The molecule has 0 bridgehead atoms. The van der Waals surface area contributed by atoms with Crippen molar-refractivity contribution >= 4 is 35.5 Å². The van der Waals surface area contributed by atoms with Gasteiger partial charge in [0, 0.05) is 6.07 Å². The largest absolute Gasteiger partial charge is 0.490 e. The molecule has 10 heteroatoms. The van der Waals surface area contributed by atoms with E-state index >= 15 is 0 Å². The summed E-state index contributed by atoms with van der Waals surface area (Å²) in [5.41, 5.74) is 5.56. The summed E-state index contributed by atoms with van der Waals surface area (Å²) >= 11 is 0. The van der Waals surface area contributed by atoms with Crippen molar-refractivity contribution in [3.63, 3.8) is 0 Å². The topological polar surface area (TPSA) is 137 Å². The summed E-state index contributed by atoms with van der Waals surface area (Å²) in [6, 6.07) is 10.1. The molecule has 0 aromatic heterocycles. The second-order valence-electron chi connectivity index (χ2n) is 7.19. The number of amides is 5. The van der Waals surface area contributed by atoms with Crippen LogP contribution in [0.4, 0.5) is 10.5 Å². The highest BCUT2D eigenvalue weighted by Crippen LogP contribution is 2.33. The van der Waals surface area contributed by atoms with Crippen LogP contribution in [0.15, 0.2) is 48.0 Å². The number of nitrogens with zero attached hydrogens (tertiary/aromatic N) is 1. The number of hydrogen-bond donors (Lipinski definition) is 2. The summed E-state index contributed by atoms with van der Waals surface area (Å²) in [6.45, 7) is 4.34. The van der Waals surface area contributed by atoms with Crippen LogP contribution in [0, 0.1) is 0 Å². The lowest BCUT2D eigenvalue weighted by molar-refractivity contribution is -0.123. The Labute approximate surface area is 196 Å². The van der Waals surface area contributed by atoms with Crippen molar-refractivity contribution < 1.29 is 33.4 Å². The summed E-state index contributed by atoms with van der Waals surface area (Å²) in [4.78, 5) is 49.8. The van der Waals surface area contributed by atoms with Crippen LogP contribution in [-0.4, -0.2) is 43.6 Å². The molecule has 178 valence electrons. The molecule has 3 N–H and O–H groups in total. The Bertz CT molecular complexity index is 1130. The third kappa shape index (κ3) is 5.71. The second-order valence-corrected chi connectivity index (χ2v) is 7.19. The highest BCUT2D eigenvalue weighted by molar-refractivity contribution is 6.39. The number of carbonyl (C=O) groups is 4. The number of carbonyl (C=O) groups excluding carboxylic acids is 4. The average molecular weight is 467 g/mol. The lowest BCUT2D eigenvalue weighted by Gasteiger charge is -2.27. The number of ether oxygens (including phenoxy) is 3. The second kappa shape index (κ2) is 11.0. The van der Waals surface area contributed by atoms with Gasteiger partial charge in [0.05, 0.1) is 18.9 Å². The van der Waals surface area contributed by atoms with Crippen molar-refractivity contribution in [3.8, 4) is 17.2 Å². The Morgan fingerprint density at radius 2 is 1.74 bits per heavy atom. The molecule has 2 aromatic rings. The van der Waals surface area contributed by atoms with Gasteiger partial charge in [-0.05, 0) is 49.2 Å². The molecule has 0 radical (unpaired) electrons. The van der Waals surface area contributed by atoms with Gasteiger partial charge in [-0.15, -0.1) is 0 Å². The summed E-state index contributed by atoms with van der Waals surface area (Å²) in [5, 5.41) is 2.18. The lowest BCUT2D eigenvalue weighted by Crippen LogP contribution is -2.54. The van der Waals surface area contributed by atoms with E-state index in [0.717, 1.165) is 11.3 Å². The van der Waals surface area contributed by atoms with Gasteiger partial charge in [0.25, 0.3) is 17.7 Å². The number of hydrogen-bond acceptors (Lipinski definition) is 7. The molecule has 0 aliphatic carbocycles. The van der Waals surface area contributed by atoms with E-state index in [9.17, 15) is 19.2 Å². The first-order valence-corrected chi connectivity index (χ1v) is 10.7. The minimum absolute atomic E-state index is 0.225. The summed E-state index contributed by atoms with van der Waals surface area (Å²) in [7, 11) is 0. The minimum Gasteiger partial charge on any atom is -0.490 e. The Hall–Kier alpha value is -4.34. The van der Waals surface area contributed by atoms with E-state index in [2.05, 4.69) is 5.32 Å². The molecular formula is C24H25N3O7. The molecule has 3 rings (SSSR count). The molecule has 34 heavy (non-hydrogen) atoms. The number of rotatable bonds is 10. The third-order valence-electron chi connectivity index (χ3n) is 4.62. The van der Waals surface area contributed by atoms with E-state index < -0.39 is 23.8 Å². The molecular weight excluding hydrogens is 442 g/mol. The van der Waals surface area contributed by atoms with Gasteiger partial charge in [0.2, 0.25) is 0 Å². The van der Waals surface area contributed by atoms with Crippen LogP contribution >= 0.6 is 0 Å². The van der Waals surface area contributed by atoms with E-state index in [-0.39, 0.29) is 17.9 Å². The standard InChI is InChI=1S/C24H25N3O7/c1-3-11-33-19-10-7-16(13-20(19)32-4-2)27-23(30)18(22(29)26-24(27)31)12-15-5-8-17(9-6-15)34-14-21(25)28/h5-10,12-13H,3-4,11,14H2,1-2H3,(H2,25,28)(H,26,29,31)/b18-12+. The van der Waals surface area contributed by atoms with Gasteiger partial charge in [-0.1, -0.05) is 19.1 Å². The molecule has 1 aliphatic rings. The zero-order chi connectivity index (χ0) is 24.7. The summed E-state index contributed by atoms with van der Waals surface area (Å²) in [5.74, 6) is -0.949. The molecule has 1 heterocycles. The number of barbiturate groups is 1. The predicted octanol–water partition coefficient (Wildman–Crippen LogP) is 2.40. The van der Waals surface area contributed by atoms with Crippen LogP contribution in [0.5, 0.6) is 17.2 Å². The highest BCUT2D eigenvalue weighted by atomic mass is 16.5. The third-order valence-corrected chi connectivity index (χ3v) is 4.62. The molecule has 2 aromatic carbocycles. The quantitative estimate of drug-likeness (QED) is 0.404. The van der Waals surface area contributed by atoms with Gasteiger partial charge < -0.3 is 19.9 Å². The molecule has 0 atom stereocenters. The van der Waals surface area contributed by atoms with E-state index in [4.69, 9.17) is 19.9 Å². The van der Waals surface area contributed by atoms with Crippen LogP contribution in [0.2, 0.25) is 0 Å². The van der Waals surface area contributed by atoms with Crippen LogP contribution in [0.1, 0.15) is 25.8 Å². The van der Waals surface area contributed by atoms with Crippen molar-refractivity contribution in [2.75, 3.05) is 24.7 Å². The van der Waals surface area contributed by atoms with Gasteiger partial charge in [-0.25, -0.2) is 9.69 Å². The molecule has 0 spiro atoms. The van der Waals surface area contributed by atoms with Crippen molar-refractivity contribution in [1.29, 1.82) is 0 Å². The van der Waals surface area contributed by atoms with Crippen LogP contribution < -0.4 is 30.2 Å². The first-order valence-electron chi connectivity index (χ1n) is 10.7. The maximum Gasteiger partial charge on any atom is 0.335 e. The number of urea groups is 1. The number of benzene rings is 2. The first kappa shape index (κ1) is 24.3. The molecule has 1 fully saturated rings. The van der Waals surface area contributed by atoms with Crippen molar-refractivity contribution in [2.24, 2.45) is 5.73 Å². The van der Waals surface area contributed by atoms with Crippen LogP contribution in [-0.2, 0) is 14.4 Å². The molecule has 5 amide bonds. The molecule has 0 saturated carbocycles. The van der Waals surface area contributed by atoms with E-state index in [1.807, 2.05) is 6.92 Å². The fourth-order valence-corrected chi connectivity index (χ4v) is 3.11. The van der Waals surface area contributed by atoms with E-state index in [1.54, 1.807) is 43.3 Å². The average Bonchev–Trinajstić information content (AvgIpc) is 2.80. The van der Waals surface area contributed by atoms with E-state index in [0.29, 0.717) is 36.0 Å². The predicted molar refractivity (Wildman–Crippen MR) is 124 cm³/mol. The van der Waals surface area contributed by atoms with Gasteiger partial charge in [0.15, 0.2) is 18.1 Å². The molecule has 1 aliphatic heterocycles. The Morgan fingerprint density at radius 1 is 1.00 bits per heavy atom. The van der Waals surface area contributed by atoms with Gasteiger partial charge >= 0.3 is 6.03 Å². The molecule has 10 nitrogen and oxygen atoms in total. The highest BCUT2D eigenvalue weighted by Gasteiger charge is 2.37.